The van der Waals surface area contributed by atoms with E-state index in [0.29, 0.717) is 13.0 Å². The van der Waals surface area contributed by atoms with Crippen LogP contribution in [0.5, 0.6) is 0 Å². The van der Waals surface area contributed by atoms with Crippen LogP contribution >= 0.6 is 0 Å². The molecular formula is C28H40BN3O6. The lowest BCUT2D eigenvalue weighted by Crippen LogP contribution is -2.58. The molecule has 0 aliphatic carbocycles. The van der Waals surface area contributed by atoms with Crippen molar-refractivity contribution in [2.45, 2.75) is 90.8 Å². The number of carbonyl (C=O) groups is 2. The molecule has 0 aromatic heterocycles. The standard InChI is InChI=1S/C28H40BN3O6/c1-17(2)23(31-25(34)35-9)24(33)32-22(16-36-28(32,7)8)21-14-19(15-30-21)18-10-12-20(13-11-18)29-37-26(3,4)27(5,6)38-29/h10-13,15,17,22-23H,14,16H2,1-9H3,(H,31,34)/t22-,23-/m0/s1. The second kappa shape index (κ2) is 10.1. The van der Waals surface area contributed by atoms with Crippen molar-refractivity contribution in [3.05, 3.63) is 36.0 Å². The average molecular weight is 525 g/mol. The smallest absolute Gasteiger partial charge is 0.453 e. The summed E-state index contributed by atoms with van der Waals surface area (Å²) in [5.41, 5.74) is 2.30. The Morgan fingerprint density at radius 1 is 1.08 bits per heavy atom. The van der Waals surface area contributed by atoms with Crippen molar-refractivity contribution in [3.8, 4) is 0 Å². The number of hydrogen-bond acceptors (Lipinski definition) is 7. The molecule has 0 bridgehead atoms. The summed E-state index contributed by atoms with van der Waals surface area (Å²) in [6.07, 6.45) is 1.82. The first kappa shape index (κ1) is 28.3. The maximum Gasteiger partial charge on any atom is 0.494 e. The summed E-state index contributed by atoms with van der Waals surface area (Å²) in [7, 11) is 0.869. The van der Waals surface area contributed by atoms with Gasteiger partial charge in [-0.05, 0) is 64.1 Å². The van der Waals surface area contributed by atoms with E-state index in [9.17, 15) is 9.59 Å². The molecule has 3 aliphatic heterocycles. The van der Waals surface area contributed by atoms with E-state index >= 15 is 0 Å². The molecule has 1 N–H and O–H groups in total. The number of allylic oxidation sites excluding steroid dienone is 1. The Morgan fingerprint density at radius 3 is 2.24 bits per heavy atom. The van der Waals surface area contributed by atoms with Crippen molar-refractivity contribution < 1.29 is 28.4 Å². The molecule has 3 heterocycles. The maximum absolute atomic E-state index is 13.7. The van der Waals surface area contributed by atoms with E-state index in [4.69, 9.17) is 23.8 Å². The zero-order chi connectivity index (χ0) is 28.0. The number of rotatable bonds is 6. The SMILES string of the molecule is COC(=O)N[C@H](C(=O)N1[C@H](C2=NC=C(c3ccc(B4OC(C)(C)C(C)(C)O4)cc3)C2)COC1(C)C)C(C)C. The van der Waals surface area contributed by atoms with Gasteiger partial charge < -0.3 is 29.0 Å². The van der Waals surface area contributed by atoms with E-state index in [1.165, 1.54) is 7.11 Å². The van der Waals surface area contributed by atoms with Crippen molar-refractivity contribution >= 4 is 35.9 Å². The number of carbonyl (C=O) groups excluding carboxylic acids is 2. The molecule has 0 saturated carbocycles. The molecule has 2 atom stereocenters. The van der Waals surface area contributed by atoms with Crippen molar-refractivity contribution in [2.24, 2.45) is 10.9 Å². The van der Waals surface area contributed by atoms with Gasteiger partial charge in [0.15, 0.2) is 0 Å². The number of benzene rings is 1. The minimum atomic E-state index is -0.845. The highest BCUT2D eigenvalue weighted by atomic mass is 16.7. The number of nitrogens with zero attached hydrogens (tertiary/aromatic N) is 2. The van der Waals surface area contributed by atoms with Gasteiger partial charge in [0.2, 0.25) is 5.91 Å². The van der Waals surface area contributed by atoms with Crippen LogP contribution in [0.2, 0.25) is 0 Å². The number of ether oxygens (including phenoxy) is 2. The summed E-state index contributed by atoms with van der Waals surface area (Å²) in [4.78, 5) is 32.1. The Bertz CT molecular complexity index is 1130. The molecule has 1 aromatic rings. The van der Waals surface area contributed by atoms with Crippen LogP contribution in [0.25, 0.3) is 5.57 Å². The van der Waals surface area contributed by atoms with Gasteiger partial charge in [0.25, 0.3) is 0 Å². The van der Waals surface area contributed by atoms with Crippen LogP contribution in [-0.2, 0) is 23.6 Å². The lowest BCUT2D eigenvalue weighted by atomic mass is 9.78. The molecule has 2 fully saturated rings. The highest BCUT2D eigenvalue weighted by Crippen LogP contribution is 2.37. The lowest BCUT2D eigenvalue weighted by Gasteiger charge is -2.37. The third-order valence-electron chi connectivity index (χ3n) is 8.06. The molecule has 0 unspecified atom stereocenters. The van der Waals surface area contributed by atoms with Crippen LogP contribution in [0, 0.1) is 5.92 Å². The van der Waals surface area contributed by atoms with Crippen LogP contribution < -0.4 is 10.8 Å². The van der Waals surface area contributed by atoms with E-state index in [1.54, 1.807) is 4.90 Å². The number of hydrogen-bond donors (Lipinski definition) is 1. The lowest BCUT2D eigenvalue weighted by molar-refractivity contribution is -0.148. The molecule has 2 saturated heterocycles. The van der Waals surface area contributed by atoms with Gasteiger partial charge in [-0.2, -0.15) is 0 Å². The summed E-state index contributed by atoms with van der Waals surface area (Å²) in [6, 6.07) is 7.08. The minimum absolute atomic E-state index is 0.139. The molecule has 4 rings (SSSR count). The van der Waals surface area contributed by atoms with E-state index in [1.807, 2.05) is 73.7 Å². The summed E-state index contributed by atoms with van der Waals surface area (Å²) in [6.45, 7) is 16.0. The minimum Gasteiger partial charge on any atom is -0.453 e. The van der Waals surface area contributed by atoms with Crippen LogP contribution in [0.15, 0.2) is 35.5 Å². The maximum atomic E-state index is 13.7. The zero-order valence-corrected chi connectivity index (χ0v) is 24.0. The Kier molecular flexibility index (Phi) is 7.55. The fourth-order valence-corrected chi connectivity index (χ4v) is 4.98. The highest BCUT2D eigenvalue weighted by molar-refractivity contribution is 6.62. The second-order valence-electron chi connectivity index (χ2n) is 12.0. The molecule has 2 amide bonds. The van der Waals surface area contributed by atoms with Gasteiger partial charge in [-0.25, -0.2) is 4.79 Å². The Balaban J connectivity index is 1.47. The van der Waals surface area contributed by atoms with Gasteiger partial charge in [0, 0.05) is 18.3 Å². The molecule has 1 aromatic carbocycles. The first-order valence-corrected chi connectivity index (χ1v) is 13.2. The van der Waals surface area contributed by atoms with Gasteiger partial charge in [-0.1, -0.05) is 38.1 Å². The Morgan fingerprint density at radius 2 is 1.68 bits per heavy atom. The van der Waals surface area contributed by atoms with Crippen LogP contribution in [0.3, 0.4) is 0 Å². The van der Waals surface area contributed by atoms with Crippen molar-refractivity contribution in [1.29, 1.82) is 0 Å². The molecular weight excluding hydrogens is 485 g/mol. The predicted octanol–water partition coefficient (Wildman–Crippen LogP) is 3.52. The summed E-state index contributed by atoms with van der Waals surface area (Å²) < 4.78 is 23.1. The molecule has 0 spiro atoms. The fourth-order valence-electron chi connectivity index (χ4n) is 4.98. The van der Waals surface area contributed by atoms with Crippen LogP contribution in [0.1, 0.15) is 67.4 Å². The Hall–Kier alpha value is -2.69. The first-order chi connectivity index (χ1) is 17.7. The van der Waals surface area contributed by atoms with Gasteiger partial charge >= 0.3 is 13.2 Å². The van der Waals surface area contributed by atoms with Gasteiger partial charge in [-0.15, -0.1) is 0 Å². The number of aliphatic imine (C=N–C) groups is 1. The van der Waals surface area contributed by atoms with E-state index in [0.717, 1.165) is 22.3 Å². The summed E-state index contributed by atoms with van der Waals surface area (Å²) in [5.74, 6) is -0.360. The quantitative estimate of drug-likeness (QED) is 0.571. The molecule has 10 heteroatoms. The number of alkyl carbamates (subject to hydrolysis) is 1. The molecule has 9 nitrogen and oxygen atoms in total. The molecule has 3 aliphatic rings. The van der Waals surface area contributed by atoms with Crippen molar-refractivity contribution in [3.63, 3.8) is 0 Å². The summed E-state index contributed by atoms with van der Waals surface area (Å²) in [5, 5.41) is 2.68. The molecule has 206 valence electrons. The monoisotopic (exact) mass is 525 g/mol. The topological polar surface area (TPSA) is 98.7 Å². The number of nitrogens with one attached hydrogen (secondary N) is 1. The second-order valence-corrected chi connectivity index (χ2v) is 12.0. The van der Waals surface area contributed by atoms with Crippen LogP contribution in [0.4, 0.5) is 4.79 Å². The average Bonchev–Trinajstić information content (AvgIpc) is 3.50. The third kappa shape index (κ3) is 5.26. The molecule has 38 heavy (non-hydrogen) atoms. The largest absolute Gasteiger partial charge is 0.494 e. The normalized spacial score (nSPS) is 24.3. The zero-order valence-electron chi connectivity index (χ0n) is 24.0. The number of methoxy groups -OCH3 is 1. The van der Waals surface area contributed by atoms with E-state index < -0.39 is 36.2 Å². The summed E-state index contributed by atoms with van der Waals surface area (Å²) >= 11 is 0. The van der Waals surface area contributed by atoms with E-state index in [-0.39, 0.29) is 17.9 Å². The first-order valence-electron chi connectivity index (χ1n) is 13.2. The fraction of sp³-hybridized carbons (Fsp3) is 0.607. The molecule has 0 radical (unpaired) electrons. The number of amides is 2. The van der Waals surface area contributed by atoms with E-state index in [2.05, 4.69) is 17.4 Å². The Labute approximate surface area is 226 Å². The predicted molar refractivity (Wildman–Crippen MR) is 147 cm³/mol. The van der Waals surface area contributed by atoms with Crippen molar-refractivity contribution in [1.82, 2.24) is 10.2 Å². The third-order valence-corrected chi connectivity index (χ3v) is 8.06. The highest BCUT2D eigenvalue weighted by Gasteiger charge is 2.52. The van der Waals surface area contributed by atoms with Gasteiger partial charge in [0.05, 0.1) is 31.0 Å². The van der Waals surface area contributed by atoms with Gasteiger partial charge in [0.1, 0.15) is 11.8 Å². The van der Waals surface area contributed by atoms with Crippen molar-refractivity contribution in [2.75, 3.05) is 13.7 Å². The van der Waals surface area contributed by atoms with Crippen LogP contribution in [-0.4, -0.2) is 72.5 Å². The van der Waals surface area contributed by atoms with Gasteiger partial charge in [-0.3, -0.25) is 9.79 Å².